The van der Waals surface area contributed by atoms with Crippen LogP contribution >= 0.6 is 0 Å². The van der Waals surface area contributed by atoms with Crippen molar-refractivity contribution >= 4 is 11.6 Å². The van der Waals surface area contributed by atoms with Crippen LogP contribution in [0.3, 0.4) is 0 Å². The molecular weight excluding hydrogens is 259 g/mol. The maximum Gasteiger partial charge on any atom is 0.253 e. The number of hydrogen-bond donors (Lipinski definition) is 2. The zero-order valence-corrected chi connectivity index (χ0v) is 10.8. The summed E-state index contributed by atoms with van der Waals surface area (Å²) in [6.07, 6.45) is 0. The number of ether oxygens (including phenoxy) is 1. The molecule has 0 radical (unpaired) electrons. The summed E-state index contributed by atoms with van der Waals surface area (Å²) in [5.74, 6) is -0.288. The Morgan fingerprint density at radius 2 is 1.90 bits per heavy atom. The lowest BCUT2D eigenvalue weighted by Crippen LogP contribution is -2.28. The van der Waals surface area contributed by atoms with Gasteiger partial charge in [-0.15, -0.1) is 0 Å². The van der Waals surface area contributed by atoms with Crippen molar-refractivity contribution in [3.63, 3.8) is 0 Å². The van der Waals surface area contributed by atoms with Gasteiger partial charge in [-0.05, 0) is 24.3 Å². The molecule has 0 saturated carbocycles. The molecule has 0 aliphatic heterocycles. The van der Waals surface area contributed by atoms with Gasteiger partial charge in [0.2, 0.25) is 0 Å². The minimum Gasteiger partial charge on any atom is -0.492 e. The molecule has 0 atom stereocenters. The van der Waals surface area contributed by atoms with E-state index in [-0.39, 0.29) is 11.3 Å². The van der Waals surface area contributed by atoms with Crippen LogP contribution in [0, 0.1) is 5.82 Å². The highest BCUT2D eigenvalue weighted by Crippen LogP contribution is 2.15. The van der Waals surface area contributed by atoms with Crippen LogP contribution in [0.2, 0.25) is 0 Å². The smallest absolute Gasteiger partial charge is 0.253 e. The topological polar surface area (TPSA) is 64.4 Å². The lowest BCUT2D eigenvalue weighted by Gasteiger charge is -2.09. The van der Waals surface area contributed by atoms with Gasteiger partial charge in [-0.25, -0.2) is 4.39 Å². The van der Waals surface area contributed by atoms with Gasteiger partial charge in [0.1, 0.15) is 18.2 Å². The SMILES string of the molecule is Nc1c(F)cccc1C(=O)NCCOc1ccccc1. The summed E-state index contributed by atoms with van der Waals surface area (Å²) in [5, 5.41) is 2.63. The Bertz CT molecular complexity index is 588. The molecule has 0 unspecified atom stereocenters. The molecule has 1 amide bonds. The van der Waals surface area contributed by atoms with Crippen molar-refractivity contribution in [2.75, 3.05) is 18.9 Å². The van der Waals surface area contributed by atoms with Gasteiger partial charge in [0.15, 0.2) is 0 Å². The van der Waals surface area contributed by atoms with Gasteiger partial charge in [-0.1, -0.05) is 24.3 Å². The number of hydrogen-bond acceptors (Lipinski definition) is 3. The second-order valence-electron chi connectivity index (χ2n) is 4.12. The van der Waals surface area contributed by atoms with E-state index in [0.717, 1.165) is 5.75 Å². The molecule has 2 aromatic rings. The van der Waals surface area contributed by atoms with E-state index in [1.807, 2.05) is 30.3 Å². The Balaban J connectivity index is 1.82. The number of carbonyl (C=O) groups excluding carboxylic acids is 1. The molecule has 3 N–H and O–H groups in total. The number of benzene rings is 2. The maximum absolute atomic E-state index is 13.2. The number of nitrogen functional groups attached to an aromatic ring is 1. The highest BCUT2D eigenvalue weighted by atomic mass is 19.1. The first kappa shape index (κ1) is 13.9. The van der Waals surface area contributed by atoms with Gasteiger partial charge in [-0.2, -0.15) is 0 Å². The molecule has 0 bridgehead atoms. The summed E-state index contributed by atoms with van der Waals surface area (Å²) < 4.78 is 18.6. The second kappa shape index (κ2) is 6.56. The molecule has 4 nitrogen and oxygen atoms in total. The predicted octanol–water partition coefficient (Wildman–Crippen LogP) is 2.22. The summed E-state index contributed by atoms with van der Waals surface area (Å²) >= 11 is 0. The first-order valence-corrected chi connectivity index (χ1v) is 6.18. The molecule has 0 aliphatic carbocycles. The molecule has 104 valence electrons. The highest BCUT2D eigenvalue weighted by molar-refractivity contribution is 5.99. The molecule has 2 aromatic carbocycles. The van der Waals surface area contributed by atoms with Crippen LogP contribution in [0.5, 0.6) is 5.75 Å². The van der Waals surface area contributed by atoms with Crippen LogP contribution in [-0.4, -0.2) is 19.1 Å². The lowest BCUT2D eigenvalue weighted by molar-refractivity contribution is 0.0947. The Morgan fingerprint density at radius 1 is 1.15 bits per heavy atom. The van der Waals surface area contributed by atoms with E-state index >= 15 is 0 Å². The number of carbonyl (C=O) groups is 1. The first-order chi connectivity index (χ1) is 9.68. The van der Waals surface area contributed by atoms with Crippen LogP contribution in [0.1, 0.15) is 10.4 Å². The Hall–Kier alpha value is -2.56. The normalized spacial score (nSPS) is 10.1. The first-order valence-electron chi connectivity index (χ1n) is 6.18. The molecule has 5 heteroatoms. The maximum atomic E-state index is 13.2. The van der Waals surface area contributed by atoms with E-state index in [2.05, 4.69) is 5.32 Å². The molecule has 2 rings (SSSR count). The molecular formula is C15H15FN2O2. The number of amides is 1. The van der Waals surface area contributed by atoms with Gasteiger partial charge in [-0.3, -0.25) is 4.79 Å². The average molecular weight is 274 g/mol. The summed E-state index contributed by atoms with van der Waals surface area (Å²) in [6.45, 7) is 0.634. The minimum atomic E-state index is -0.599. The van der Waals surface area contributed by atoms with Crippen molar-refractivity contribution in [3.05, 3.63) is 59.9 Å². The summed E-state index contributed by atoms with van der Waals surface area (Å²) in [6, 6.07) is 13.4. The fourth-order valence-corrected chi connectivity index (χ4v) is 1.68. The van der Waals surface area contributed by atoms with Crippen molar-refractivity contribution in [1.29, 1.82) is 0 Å². The molecule has 0 heterocycles. The van der Waals surface area contributed by atoms with Gasteiger partial charge in [0, 0.05) is 0 Å². The number of anilines is 1. The largest absolute Gasteiger partial charge is 0.492 e. The molecule has 0 aromatic heterocycles. The third-order valence-corrected chi connectivity index (χ3v) is 2.70. The van der Waals surface area contributed by atoms with E-state index in [1.54, 1.807) is 0 Å². The number of nitrogens with two attached hydrogens (primary N) is 1. The summed E-state index contributed by atoms with van der Waals surface area (Å²) in [4.78, 5) is 11.8. The monoisotopic (exact) mass is 274 g/mol. The van der Waals surface area contributed by atoms with E-state index in [9.17, 15) is 9.18 Å². The van der Waals surface area contributed by atoms with Crippen molar-refractivity contribution in [3.8, 4) is 5.75 Å². The Labute approximate surface area is 116 Å². The third-order valence-electron chi connectivity index (χ3n) is 2.70. The lowest BCUT2D eigenvalue weighted by atomic mass is 10.1. The molecule has 0 aliphatic rings. The standard InChI is InChI=1S/C15H15FN2O2/c16-13-8-4-7-12(14(13)17)15(19)18-9-10-20-11-5-2-1-3-6-11/h1-8H,9-10,17H2,(H,18,19). The molecule has 20 heavy (non-hydrogen) atoms. The Kier molecular flexibility index (Phi) is 4.55. The number of rotatable bonds is 5. The van der Waals surface area contributed by atoms with Gasteiger partial charge in [0.05, 0.1) is 17.8 Å². The Morgan fingerprint density at radius 3 is 2.65 bits per heavy atom. The average Bonchev–Trinajstić information content (AvgIpc) is 2.47. The predicted molar refractivity (Wildman–Crippen MR) is 75.1 cm³/mol. The van der Waals surface area contributed by atoms with E-state index in [0.29, 0.717) is 13.2 Å². The van der Waals surface area contributed by atoms with Crippen LogP contribution in [-0.2, 0) is 0 Å². The third kappa shape index (κ3) is 3.47. The van der Waals surface area contributed by atoms with Crippen molar-refractivity contribution in [2.24, 2.45) is 0 Å². The van der Waals surface area contributed by atoms with Crippen LogP contribution in [0.4, 0.5) is 10.1 Å². The zero-order valence-electron chi connectivity index (χ0n) is 10.8. The van der Waals surface area contributed by atoms with E-state index in [4.69, 9.17) is 10.5 Å². The quantitative estimate of drug-likeness (QED) is 0.649. The van der Waals surface area contributed by atoms with E-state index < -0.39 is 11.7 Å². The van der Waals surface area contributed by atoms with Gasteiger partial charge in [0.25, 0.3) is 5.91 Å². The van der Waals surface area contributed by atoms with E-state index in [1.165, 1.54) is 18.2 Å². The molecule has 0 fully saturated rings. The van der Waals surface area contributed by atoms with Crippen molar-refractivity contribution < 1.29 is 13.9 Å². The summed E-state index contributed by atoms with van der Waals surface area (Å²) in [7, 11) is 0. The molecule has 0 spiro atoms. The van der Waals surface area contributed by atoms with Gasteiger partial charge >= 0.3 is 0 Å². The fraction of sp³-hybridized carbons (Fsp3) is 0.133. The van der Waals surface area contributed by atoms with Crippen molar-refractivity contribution in [1.82, 2.24) is 5.32 Å². The van der Waals surface area contributed by atoms with Crippen LogP contribution < -0.4 is 15.8 Å². The zero-order chi connectivity index (χ0) is 14.4. The summed E-state index contributed by atoms with van der Waals surface area (Å²) in [5.41, 5.74) is 5.50. The number of nitrogens with one attached hydrogen (secondary N) is 1. The second-order valence-corrected chi connectivity index (χ2v) is 4.12. The van der Waals surface area contributed by atoms with Crippen LogP contribution in [0.25, 0.3) is 0 Å². The molecule has 0 saturated heterocycles. The van der Waals surface area contributed by atoms with Crippen LogP contribution in [0.15, 0.2) is 48.5 Å². The number of para-hydroxylation sites is 2. The fourth-order valence-electron chi connectivity index (χ4n) is 1.68. The number of halogens is 1. The highest BCUT2D eigenvalue weighted by Gasteiger charge is 2.11. The minimum absolute atomic E-state index is 0.129. The van der Waals surface area contributed by atoms with Gasteiger partial charge < -0.3 is 15.8 Å². The van der Waals surface area contributed by atoms with Crippen molar-refractivity contribution in [2.45, 2.75) is 0 Å².